The van der Waals surface area contributed by atoms with E-state index in [2.05, 4.69) is 37.8 Å². The molecule has 68 valence electrons. The van der Waals surface area contributed by atoms with Crippen molar-refractivity contribution in [1.29, 1.82) is 0 Å². The van der Waals surface area contributed by atoms with Crippen molar-refractivity contribution in [2.75, 3.05) is 5.75 Å². The molecule has 0 aliphatic carbocycles. The molecular weight excluding hydrogens is 168 g/mol. The first-order valence-corrected chi connectivity index (χ1v) is 5.01. The van der Waals surface area contributed by atoms with Gasteiger partial charge >= 0.3 is 0 Å². The number of nitrogens with zero attached hydrogens (tertiary/aromatic N) is 2. The number of thiol groups is 1. The minimum absolute atomic E-state index is 0.467. The lowest BCUT2D eigenvalue weighted by Gasteiger charge is -2.02. The average molecular weight is 184 g/mol. The van der Waals surface area contributed by atoms with Gasteiger partial charge in [-0.1, -0.05) is 0 Å². The lowest BCUT2D eigenvalue weighted by molar-refractivity contribution is 0.532. The Hall–Kier alpha value is -0.440. The number of hydrogen-bond donors (Lipinski definition) is 1. The van der Waals surface area contributed by atoms with Crippen LogP contribution in [0.15, 0.2) is 12.4 Å². The Morgan fingerprint density at radius 3 is 2.83 bits per heavy atom. The Kier molecular flexibility index (Phi) is 3.66. The van der Waals surface area contributed by atoms with Crippen molar-refractivity contribution in [3.8, 4) is 0 Å². The molecule has 0 amide bonds. The van der Waals surface area contributed by atoms with Gasteiger partial charge in [0, 0.05) is 12.2 Å². The summed E-state index contributed by atoms with van der Waals surface area (Å²) in [4.78, 5) is 0. The maximum absolute atomic E-state index is 4.26. The highest BCUT2D eigenvalue weighted by Crippen LogP contribution is 2.07. The van der Waals surface area contributed by atoms with Crippen molar-refractivity contribution in [3.63, 3.8) is 0 Å². The standard InChI is InChI=1S/C9H16N2S/c1-8(2)11-7-9(6-10-11)4-3-5-12/h6-8,12H,3-5H2,1-2H3. The second kappa shape index (κ2) is 4.55. The van der Waals surface area contributed by atoms with E-state index in [-0.39, 0.29) is 0 Å². The van der Waals surface area contributed by atoms with Crippen LogP contribution >= 0.6 is 12.6 Å². The maximum atomic E-state index is 4.26. The van der Waals surface area contributed by atoms with E-state index in [1.807, 2.05) is 10.9 Å². The van der Waals surface area contributed by atoms with Crippen LogP contribution in [-0.2, 0) is 6.42 Å². The fraction of sp³-hybridized carbons (Fsp3) is 0.667. The van der Waals surface area contributed by atoms with Crippen LogP contribution in [0, 0.1) is 0 Å². The van der Waals surface area contributed by atoms with E-state index in [0.717, 1.165) is 18.6 Å². The second-order valence-electron chi connectivity index (χ2n) is 3.25. The predicted octanol–water partition coefficient (Wildman–Crippen LogP) is 2.33. The van der Waals surface area contributed by atoms with E-state index in [1.54, 1.807) is 0 Å². The van der Waals surface area contributed by atoms with Crippen molar-refractivity contribution < 1.29 is 0 Å². The summed E-state index contributed by atoms with van der Waals surface area (Å²) in [5.74, 6) is 0.951. The lowest BCUT2D eigenvalue weighted by atomic mass is 10.2. The summed E-state index contributed by atoms with van der Waals surface area (Å²) in [7, 11) is 0. The topological polar surface area (TPSA) is 17.8 Å². The van der Waals surface area contributed by atoms with Crippen LogP contribution in [0.2, 0.25) is 0 Å². The molecule has 0 unspecified atom stereocenters. The monoisotopic (exact) mass is 184 g/mol. The van der Waals surface area contributed by atoms with Crippen molar-refractivity contribution >= 4 is 12.6 Å². The van der Waals surface area contributed by atoms with E-state index in [4.69, 9.17) is 0 Å². The molecule has 0 saturated heterocycles. The summed E-state index contributed by atoms with van der Waals surface area (Å²) in [5.41, 5.74) is 1.32. The third-order valence-corrected chi connectivity index (χ3v) is 2.12. The number of aromatic nitrogens is 2. The highest BCUT2D eigenvalue weighted by atomic mass is 32.1. The van der Waals surface area contributed by atoms with Gasteiger partial charge in [-0.25, -0.2) is 0 Å². The molecule has 0 fully saturated rings. The van der Waals surface area contributed by atoms with Crippen LogP contribution in [0.4, 0.5) is 0 Å². The van der Waals surface area contributed by atoms with Gasteiger partial charge in [0.15, 0.2) is 0 Å². The van der Waals surface area contributed by atoms with Gasteiger partial charge in [0.05, 0.1) is 6.20 Å². The number of rotatable bonds is 4. The summed E-state index contributed by atoms with van der Waals surface area (Å²) in [6.45, 7) is 4.27. The van der Waals surface area contributed by atoms with E-state index < -0.39 is 0 Å². The van der Waals surface area contributed by atoms with Crippen molar-refractivity contribution in [3.05, 3.63) is 18.0 Å². The van der Waals surface area contributed by atoms with Crippen LogP contribution in [0.1, 0.15) is 31.9 Å². The van der Waals surface area contributed by atoms with Gasteiger partial charge in [0.2, 0.25) is 0 Å². The first-order chi connectivity index (χ1) is 5.74. The molecule has 12 heavy (non-hydrogen) atoms. The first kappa shape index (κ1) is 9.65. The number of hydrogen-bond acceptors (Lipinski definition) is 2. The molecule has 0 aromatic carbocycles. The Morgan fingerprint density at radius 1 is 1.58 bits per heavy atom. The van der Waals surface area contributed by atoms with E-state index >= 15 is 0 Å². The van der Waals surface area contributed by atoms with Crippen LogP contribution in [0.5, 0.6) is 0 Å². The zero-order valence-electron chi connectivity index (χ0n) is 7.70. The molecule has 0 bridgehead atoms. The third kappa shape index (κ3) is 2.55. The van der Waals surface area contributed by atoms with E-state index in [9.17, 15) is 0 Å². The van der Waals surface area contributed by atoms with Gasteiger partial charge < -0.3 is 0 Å². The normalized spacial score (nSPS) is 11.0. The minimum Gasteiger partial charge on any atom is -0.270 e. The fourth-order valence-corrected chi connectivity index (χ4v) is 1.23. The molecule has 1 heterocycles. The Balaban J connectivity index is 2.52. The molecular formula is C9H16N2S. The van der Waals surface area contributed by atoms with E-state index in [1.165, 1.54) is 5.56 Å². The number of aryl methyl sites for hydroxylation is 1. The van der Waals surface area contributed by atoms with Crippen molar-refractivity contribution in [1.82, 2.24) is 9.78 Å². The molecule has 0 saturated carbocycles. The minimum atomic E-state index is 0.467. The van der Waals surface area contributed by atoms with Gasteiger partial charge in [0.25, 0.3) is 0 Å². The summed E-state index contributed by atoms with van der Waals surface area (Å²) in [6.07, 6.45) is 6.29. The molecule has 0 aliphatic heterocycles. The summed E-state index contributed by atoms with van der Waals surface area (Å²) < 4.78 is 1.99. The molecule has 0 aliphatic rings. The van der Waals surface area contributed by atoms with Crippen LogP contribution in [0.25, 0.3) is 0 Å². The van der Waals surface area contributed by atoms with Crippen LogP contribution in [-0.4, -0.2) is 15.5 Å². The Morgan fingerprint density at radius 2 is 2.33 bits per heavy atom. The second-order valence-corrected chi connectivity index (χ2v) is 3.70. The fourth-order valence-electron chi connectivity index (χ4n) is 1.07. The lowest BCUT2D eigenvalue weighted by Crippen LogP contribution is -1.99. The van der Waals surface area contributed by atoms with E-state index in [0.29, 0.717) is 6.04 Å². The van der Waals surface area contributed by atoms with Crippen LogP contribution < -0.4 is 0 Å². The average Bonchev–Trinajstić information content (AvgIpc) is 2.48. The zero-order chi connectivity index (χ0) is 8.97. The summed E-state index contributed by atoms with van der Waals surface area (Å²) in [5, 5.41) is 4.26. The molecule has 0 radical (unpaired) electrons. The Bertz CT molecular complexity index is 230. The molecule has 0 atom stereocenters. The highest BCUT2D eigenvalue weighted by molar-refractivity contribution is 7.80. The molecule has 1 rings (SSSR count). The zero-order valence-corrected chi connectivity index (χ0v) is 8.59. The molecule has 2 nitrogen and oxygen atoms in total. The van der Waals surface area contributed by atoms with Crippen molar-refractivity contribution in [2.24, 2.45) is 0 Å². The maximum Gasteiger partial charge on any atom is 0.0521 e. The quantitative estimate of drug-likeness (QED) is 0.711. The van der Waals surface area contributed by atoms with Gasteiger partial charge in [-0.05, 0) is 38.0 Å². The van der Waals surface area contributed by atoms with Gasteiger partial charge in [-0.15, -0.1) is 0 Å². The largest absolute Gasteiger partial charge is 0.270 e. The van der Waals surface area contributed by atoms with Gasteiger partial charge in [-0.3, -0.25) is 4.68 Å². The Labute approximate surface area is 79.4 Å². The highest BCUT2D eigenvalue weighted by Gasteiger charge is 2.00. The first-order valence-electron chi connectivity index (χ1n) is 4.38. The van der Waals surface area contributed by atoms with Crippen molar-refractivity contribution in [2.45, 2.75) is 32.7 Å². The molecule has 0 spiro atoms. The SMILES string of the molecule is CC(C)n1cc(CCCS)cn1. The molecule has 1 aromatic rings. The molecule has 0 N–H and O–H groups in total. The summed E-state index contributed by atoms with van der Waals surface area (Å²) >= 11 is 4.17. The smallest absolute Gasteiger partial charge is 0.0521 e. The third-order valence-electron chi connectivity index (χ3n) is 1.81. The molecule has 1 aromatic heterocycles. The predicted molar refractivity (Wildman–Crippen MR) is 54.8 cm³/mol. The van der Waals surface area contributed by atoms with Crippen LogP contribution in [0.3, 0.4) is 0 Å². The van der Waals surface area contributed by atoms with Gasteiger partial charge in [0.1, 0.15) is 0 Å². The summed E-state index contributed by atoms with van der Waals surface area (Å²) in [6, 6.07) is 0.467. The van der Waals surface area contributed by atoms with Gasteiger partial charge in [-0.2, -0.15) is 17.7 Å². The molecule has 3 heteroatoms.